The molecule has 0 aromatic carbocycles. The number of urea groups is 1. The summed E-state index contributed by atoms with van der Waals surface area (Å²) in [6.45, 7) is 1.84. The fourth-order valence-corrected chi connectivity index (χ4v) is 1.79. The maximum atomic E-state index is 11.0. The number of fused-ring (bicyclic) bond motifs is 1. The van der Waals surface area contributed by atoms with Gasteiger partial charge in [0.25, 0.3) is 0 Å². The van der Waals surface area contributed by atoms with Gasteiger partial charge in [-0.3, -0.25) is 0 Å². The number of hydrogen-bond donors (Lipinski definition) is 1. The number of carbonyl (C=O) groups is 1. The first-order valence-corrected chi connectivity index (χ1v) is 3.92. The second-order valence-electron chi connectivity index (χ2n) is 3.03. The van der Waals surface area contributed by atoms with Crippen molar-refractivity contribution in [1.29, 1.82) is 0 Å². The molecule has 0 spiro atoms. The van der Waals surface area contributed by atoms with Crippen LogP contribution in [0, 0.1) is 0 Å². The van der Waals surface area contributed by atoms with E-state index in [0.717, 1.165) is 13.1 Å². The molecule has 2 amide bonds. The third-order valence-corrected chi connectivity index (χ3v) is 2.38. The lowest BCUT2D eigenvalue weighted by Gasteiger charge is -2.27. The van der Waals surface area contributed by atoms with Crippen LogP contribution in [0.25, 0.3) is 0 Å². The average molecular weight is 140 g/mol. The summed E-state index contributed by atoms with van der Waals surface area (Å²) < 4.78 is 0. The zero-order valence-electron chi connectivity index (χ0n) is 5.97. The zero-order chi connectivity index (χ0) is 6.97. The van der Waals surface area contributed by atoms with Gasteiger partial charge in [0.1, 0.15) is 0 Å². The molecule has 2 fully saturated rings. The quantitative estimate of drug-likeness (QED) is 0.524. The van der Waals surface area contributed by atoms with E-state index in [-0.39, 0.29) is 6.03 Å². The van der Waals surface area contributed by atoms with Crippen LogP contribution in [0.3, 0.4) is 0 Å². The first kappa shape index (κ1) is 6.01. The Kier molecular flexibility index (Phi) is 1.29. The Morgan fingerprint density at radius 2 is 2.40 bits per heavy atom. The lowest BCUT2D eigenvalue weighted by atomic mass is 10.0. The van der Waals surface area contributed by atoms with Crippen molar-refractivity contribution >= 4 is 6.03 Å². The maximum Gasteiger partial charge on any atom is 0.317 e. The van der Waals surface area contributed by atoms with Crippen molar-refractivity contribution in [3.8, 4) is 0 Å². The molecular formula is C7H12N2O. The number of rotatable bonds is 0. The molecule has 3 nitrogen and oxygen atoms in total. The fraction of sp³-hybridized carbons (Fsp3) is 0.857. The first-order chi connectivity index (χ1) is 4.88. The predicted molar refractivity (Wildman–Crippen MR) is 37.7 cm³/mol. The molecule has 10 heavy (non-hydrogen) atoms. The molecule has 2 aliphatic heterocycles. The maximum absolute atomic E-state index is 11.0. The van der Waals surface area contributed by atoms with E-state index in [1.807, 2.05) is 4.90 Å². The summed E-state index contributed by atoms with van der Waals surface area (Å²) in [5.74, 6) is 0. The van der Waals surface area contributed by atoms with Crippen LogP contribution in [0.4, 0.5) is 4.79 Å². The highest BCUT2D eigenvalue weighted by Crippen LogP contribution is 2.19. The number of nitrogens with zero attached hydrogens (tertiary/aromatic N) is 1. The SMILES string of the molecule is O=C1NC[C@H]2CCCCN12. The molecule has 1 N–H and O–H groups in total. The molecule has 2 aliphatic rings. The summed E-state index contributed by atoms with van der Waals surface area (Å²) in [6.07, 6.45) is 3.67. The molecule has 0 radical (unpaired) electrons. The van der Waals surface area contributed by atoms with Crippen LogP contribution >= 0.6 is 0 Å². The van der Waals surface area contributed by atoms with Gasteiger partial charge in [-0.05, 0) is 19.3 Å². The summed E-state index contributed by atoms with van der Waals surface area (Å²) >= 11 is 0. The molecule has 1 atom stereocenters. The fourth-order valence-electron chi connectivity index (χ4n) is 1.79. The Bertz CT molecular complexity index is 158. The van der Waals surface area contributed by atoms with E-state index in [2.05, 4.69) is 5.32 Å². The van der Waals surface area contributed by atoms with Gasteiger partial charge in [0, 0.05) is 13.1 Å². The minimum atomic E-state index is 0.143. The van der Waals surface area contributed by atoms with E-state index in [0.29, 0.717) is 6.04 Å². The highest BCUT2D eigenvalue weighted by molar-refractivity contribution is 5.76. The van der Waals surface area contributed by atoms with E-state index in [1.54, 1.807) is 0 Å². The highest BCUT2D eigenvalue weighted by atomic mass is 16.2. The normalized spacial score (nSPS) is 31.8. The number of piperidine rings is 1. The Morgan fingerprint density at radius 3 is 3.20 bits per heavy atom. The number of carbonyl (C=O) groups excluding carboxylic acids is 1. The summed E-state index contributed by atoms with van der Waals surface area (Å²) in [4.78, 5) is 13.0. The van der Waals surface area contributed by atoms with Gasteiger partial charge in [0.15, 0.2) is 0 Å². The van der Waals surface area contributed by atoms with Gasteiger partial charge in [-0.15, -0.1) is 0 Å². The van der Waals surface area contributed by atoms with Crippen LogP contribution in [0.15, 0.2) is 0 Å². The minimum Gasteiger partial charge on any atom is -0.336 e. The van der Waals surface area contributed by atoms with Gasteiger partial charge in [-0.2, -0.15) is 0 Å². The molecule has 0 bridgehead atoms. The van der Waals surface area contributed by atoms with Crippen molar-refractivity contribution in [1.82, 2.24) is 10.2 Å². The van der Waals surface area contributed by atoms with E-state index in [1.165, 1.54) is 19.3 Å². The Morgan fingerprint density at radius 1 is 1.50 bits per heavy atom. The second kappa shape index (κ2) is 2.15. The third kappa shape index (κ3) is 0.770. The first-order valence-electron chi connectivity index (χ1n) is 3.92. The molecular weight excluding hydrogens is 128 g/mol. The van der Waals surface area contributed by atoms with E-state index < -0.39 is 0 Å². The van der Waals surface area contributed by atoms with Gasteiger partial charge in [0.05, 0.1) is 6.04 Å². The smallest absolute Gasteiger partial charge is 0.317 e. The number of nitrogens with one attached hydrogen (secondary N) is 1. The third-order valence-electron chi connectivity index (χ3n) is 2.38. The number of amides is 2. The van der Waals surface area contributed by atoms with E-state index >= 15 is 0 Å². The van der Waals surface area contributed by atoms with Gasteiger partial charge < -0.3 is 10.2 Å². The lowest BCUT2D eigenvalue weighted by Crippen LogP contribution is -2.37. The highest BCUT2D eigenvalue weighted by Gasteiger charge is 2.31. The summed E-state index contributed by atoms with van der Waals surface area (Å²) in [7, 11) is 0. The van der Waals surface area contributed by atoms with Crippen LogP contribution in [0.5, 0.6) is 0 Å². The standard InChI is InChI=1S/C7H12N2O/c10-7-8-5-6-3-1-2-4-9(6)7/h6H,1-5H2,(H,8,10)/t6-/m1/s1. The minimum absolute atomic E-state index is 0.143. The summed E-state index contributed by atoms with van der Waals surface area (Å²) in [6, 6.07) is 0.658. The van der Waals surface area contributed by atoms with Crippen molar-refractivity contribution in [3.05, 3.63) is 0 Å². The molecule has 0 aromatic heterocycles. The van der Waals surface area contributed by atoms with Crippen molar-refractivity contribution in [2.45, 2.75) is 25.3 Å². The predicted octanol–water partition coefficient (Wildman–Crippen LogP) is 0.564. The topological polar surface area (TPSA) is 32.3 Å². The lowest BCUT2D eigenvalue weighted by molar-refractivity contribution is 0.186. The van der Waals surface area contributed by atoms with Crippen molar-refractivity contribution < 1.29 is 4.79 Å². The monoisotopic (exact) mass is 140 g/mol. The van der Waals surface area contributed by atoms with E-state index in [9.17, 15) is 4.79 Å². The van der Waals surface area contributed by atoms with Crippen LogP contribution in [0.2, 0.25) is 0 Å². The van der Waals surface area contributed by atoms with Crippen LogP contribution in [-0.2, 0) is 0 Å². The van der Waals surface area contributed by atoms with Crippen LogP contribution in [0.1, 0.15) is 19.3 Å². The average Bonchev–Trinajstić information content (AvgIpc) is 2.34. The van der Waals surface area contributed by atoms with Gasteiger partial charge in [-0.25, -0.2) is 4.79 Å². The largest absolute Gasteiger partial charge is 0.336 e. The molecule has 0 aliphatic carbocycles. The zero-order valence-corrected chi connectivity index (χ0v) is 5.97. The van der Waals surface area contributed by atoms with Crippen LogP contribution < -0.4 is 5.32 Å². The summed E-state index contributed by atoms with van der Waals surface area (Å²) in [5.41, 5.74) is 0. The molecule has 2 heterocycles. The Labute approximate surface area is 60.4 Å². The number of hydrogen-bond acceptors (Lipinski definition) is 1. The molecule has 0 aromatic rings. The van der Waals surface area contributed by atoms with Crippen molar-refractivity contribution in [3.63, 3.8) is 0 Å². The molecule has 2 rings (SSSR count). The van der Waals surface area contributed by atoms with Crippen LogP contribution in [-0.4, -0.2) is 30.1 Å². The molecule has 3 heteroatoms. The molecule has 0 saturated carbocycles. The molecule has 0 unspecified atom stereocenters. The van der Waals surface area contributed by atoms with Crippen molar-refractivity contribution in [2.24, 2.45) is 0 Å². The van der Waals surface area contributed by atoms with Gasteiger partial charge in [0.2, 0.25) is 0 Å². The summed E-state index contributed by atoms with van der Waals surface area (Å²) in [5, 5.41) is 2.85. The molecule has 2 saturated heterocycles. The Hall–Kier alpha value is -0.730. The molecule has 56 valence electrons. The van der Waals surface area contributed by atoms with Gasteiger partial charge in [-0.1, -0.05) is 0 Å². The van der Waals surface area contributed by atoms with Gasteiger partial charge >= 0.3 is 6.03 Å². The van der Waals surface area contributed by atoms with E-state index in [4.69, 9.17) is 0 Å². The Balaban J connectivity index is 2.08. The van der Waals surface area contributed by atoms with Crippen molar-refractivity contribution in [2.75, 3.05) is 13.1 Å². The second-order valence-corrected chi connectivity index (χ2v) is 3.03.